The van der Waals surface area contributed by atoms with E-state index in [9.17, 15) is 10.4 Å². The van der Waals surface area contributed by atoms with Gasteiger partial charge in [0, 0.05) is 11.4 Å². The largest absolute Gasteiger partial charge is 0.391 e. The second-order valence-corrected chi connectivity index (χ2v) is 5.15. The summed E-state index contributed by atoms with van der Waals surface area (Å²) in [5, 5.41) is 19.3. The van der Waals surface area contributed by atoms with Gasteiger partial charge in [0.05, 0.1) is 18.3 Å². The Hall–Kier alpha value is -1.08. The first kappa shape index (κ1) is 15.0. The Morgan fingerprint density at radius 1 is 1.39 bits per heavy atom. The molecule has 1 N–H and O–H groups in total. The van der Waals surface area contributed by atoms with Gasteiger partial charge in [-0.15, -0.1) is 0 Å². The number of hydrogen-bond acceptors (Lipinski definition) is 3. The average molecular weight is 268 g/mol. The SMILES string of the molecule is CC(O)C(C)OC(C)(C#N)Cc1ccc(Cl)cc1. The zero-order valence-corrected chi connectivity index (χ0v) is 11.6. The van der Waals surface area contributed by atoms with E-state index in [1.54, 1.807) is 32.9 Å². The van der Waals surface area contributed by atoms with Gasteiger partial charge in [0.1, 0.15) is 0 Å². The minimum Gasteiger partial charge on any atom is -0.391 e. The van der Waals surface area contributed by atoms with E-state index in [0.717, 1.165) is 5.56 Å². The maximum atomic E-state index is 9.43. The predicted molar refractivity (Wildman–Crippen MR) is 71.4 cm³/mol. The van der Waals surface area contributed by atoms with Crippen LogP contribution in [0.1, 0.15) is 26.3 Å². The van der Waals surface area contributed by atoms with Gasteiger partial charge in [-0.05, 0) is 38.5 Å². The predicted octanol–water partition coefficient (Wildman–Crippen LogP) is 2.95. The molecule has 3 atom stereocenters. The van der Waals surface area contributed by atoms with E-state index < -0.39 is 11.7 Å². The van der Waals surface area contributed by atoms with Crippen molar-refractivity contribution in [3.63, 3.8) is 0 Å². The number of ether oxygens (including phenoxy) is 1. The van der Waals surface area contributed by atoms with E-state index in [1.807, 2.05) is 12.1 Å². The normalized spacial score (nSPS) is 17.6. The van der Waals surface area contributed by atoms with Gasteiger partial charge in [0.25, 0.3) is 0 Å². The maximum absolute atomic E-state index is 9.43. The number of aliphatic hydroxyl groups is 1. The molecule has 0 aliphatic rings. The molecule has 3 unspecified atom stereocenters. The molecule has 0 amide bonds. The molecule has 3 nitrogen and oxygen atoms in total. The number of hydrogen-bond donors (Lipinski definition) is 1. The number of nitriles is 1. The van der Waals surface area contributed by atoms with Crippen molar-refractivity contribution in [2.75, 3.05) is 0 Å². The summed E-state index contributed by atoms with van der Waals surface area (Å²) in [5.74, 6) is 0. The number of halogens is 1. The molecule has 0 aromatic heterocycles. The smallest absolute Gasteiger partial charge is 0.155 e. The van der Waals surface area contributed by atoms with Crippen molar-refractivity contribution in [1.29, 1.82) is 5.26 Å². The highest BCUT2D eigenvalue weighted by Gasteiger charge is 2.29. The van der Waals surface area contributed by atoms with E-state index in [0.29, 0.717) is 11.4 Å². The van der Waals surface area contributed by atoms with Gasteiger partial charge in [0.15, 0.2) is 5.60 Å². The number of nitrogens with zero attached hydrogens (tertiary/aromatic N) is 1. The van der Waals surface area contributed by atoms with Crippen LogP contribution in [0.4, 0.5) is 0 Å². The van der Waals surface area contributed by atoms with Crippen LogP contribution < -0.4 is 0 Å². The van der Waals surface area contributed by atoms with Crippen molar-refractivity contribution in [1.82, 2.24) is 0 Å². The van der Waals surface area contributed by atoms with Gasteiger partial charge >= 0.3 is 0 Å². The third-order valence-corrected chi connectivity index (χ3v) is 3.07. The molecule has 0 fully saturated rings. The third-order valence-electron chi connectivity index (χ3n) is 2.82. The highest BCUT2D eigenvalue weighted by molar-refractivity contribution is 6.30. The summed E-state index contributed by atoms with van der Waals surface area (Å²) in [6.45, 7) is 5.12. The van der Waals surface area contributed by atoms with Crippen molar-refractivity contribution < 1.29 is 9.84 Å². The van der Waals surface area contributed by atoms with Crippen molar-refractivity contribution in [2.45, 2.75) is 45.0 Å². The Bertz CT molecular complexity index is 424. The van der Waals surface area contributed by atoms with Crippen molar-refractivity contribution >= 4 is 11.6 Å². The van der Waals surface area contributed by atoms with Crippen LogP contribution in [0, 0.1) is 11.3 Å². The molecule has 98 valence electrons. The first-order valence-corrected chi connectivity index (χ1v) is 6.26. The average Bonchev–Trinajstić information content (AvgIpc) is 2.32. The van der Waals surface area contributed by atoms with Crippen LogP contribution in [0.25, 0.3) is 0 Å². The third kappa shape index (κ3) is 4.30. The molecule has 18 heavy (non-hydrogen) atoms. The lowest BCUT2D eigenvalue weighted by Gasteiger charge is -2.28. The monoisotopic (exact) mass is 267 g/mol. The van der Waals surface area contributed by atoms with Crippen LogP contribution in [0.3, 0.4) is 0 Å². The Morgan fingerprint density at radius 3 is 2.39 bits per heavy atom. The second-order valence-electron chi connectivity index (χ2n) is 4.71. The fraction of sp³-hybridized carbons (Fsp3) is 0.500. The molecular weight excluding hydrogens is 250 g/mol. The lowest BCUT2D eigenvalue weighted by molar-refractivity contribution is -0.0868. The Kier molecular flexibility index (Phi) is 5.15. The van der Waals surface area contributed by atoms with Gasteiger partial charge in [-0.1, -0.05) is 23.7 Å². The van der Waals surface area contributed by atoms with E-state index in [1.165, 1.54) is 0 Å². The Labute approximate surface area is 113 Å². The van der Waals surface area contributed by atoms with E-state index >= 15 is 0 Å². The number of aliphatic hydroxyl groups excluding tert-OH is 1. The molecule has 0 radical (unpaired) electrons. The minimum absolute atomic E-state index is 0.387. The molecule has 1 aromatic carbocycles. The molecule has 0 saturated heterocycles. The van der Waals surface area contributed by atoms with Gasteiger partial charge < -0.3 is 9.84 Å². The summed E-state index contributed by atoms with van der Waals surface area (Å²) in [6.07, 6.45) is -0.539. The molecule has 0 spiro atoms. The van der Waals surface area contributed by atoms with Crippen molar-refractivity contribution in [2.24, 2.45) is 0 Å². The summed E-state index contributed by atoms with van der Waals surface area (Å²) in [6, 6.07) is 9.47. The fourth-order valence-corrected chi connectivity index (χ4v) is 1.73. The Morgan fingerprint density at radius 2 is 1.94 bits per heavy atom. The molecule has 0 aliphatic heterocycles. The summed E-state index contributed by atoms with van der Waals surface area (Å²) in [4.78, 5) is 0. The molecule has 1 rings (SSSR count). The minimum atomic E-state index is -0.954. The zero-order chi connectivity index (χ0) is 13.8. The van der Waals surface area contributed by atoms with Gasteiger partial charge in [-0.25, -0.2) is 0 Å². The topological polar surface area (TPSA) is 53.2 Å². The molecular formula is C14H18ClNO2. The van der Waals surface area contributed by atoms with Crippen LogP contribution in [-0.4, -0.2) is 22.9 Å². The molecule has 0 heterocycles. The summed E-state index contributed by atoms with van der Waals surface area (Å²) < 4.78 is 5.64. The van der Waals surface area contributed by atoms with Gasteiger partial charge in [-0.3, -0.25) is 0 Å². The number of benzene rings is 1. The lowest BCUT2D eigenvalue weighted by atomic mass is 9.97. The Balaban J connectivity index is 2.77. The maximum Gasteiger partial charge on any atom is 0.155 e. The first-order chi connectivity index (χ1) is 8.36. The van der Waals surface area contributed by atoms with Crippen LogP contribution in [-0.2, 0) is 11.2 Å². The molecule has 4 heteroatoms. The summed E-state index contributed by atoms with van der Waals surface area (Å²) >= 11 is 5.81. The van der Waals surface area contributed by atoms with Crippen LogP contribution in [0.5, 0.6) is 0 Å². The standard InChI is InChI=1S/C14H18ClNO2/c1-10(17)11(2)18-14(3,9-16)8-12-4-6-13(15)7-5-12/h4-7,10-11,17H,8H2,1-3H3. The lowest BCUT2D eigenvalue weighted by Crippen LogP contribution is -2.37. The van der Waals surface area contributed by atoms with Crippen molar-refractivity contribution in [3.05, 3.63) is 34.9 Å². The summed E-state index contributed by atoms with van der Waals surface area (Å²) in [5.41, 5.74) is 0.0192. The van der Waals surface area contributed by atoms with Crippen molar-refractivity contribution in [3.8, 4) is 6.07 Å². The molecule has 0 aliphatic carbocycles. The van der Waals surface area contributed by atoms with Crippen LogP contribution >= 0.6 is 11.6 Å². The zero-order valence-electron chi connectivity index (χ0n) is 10.9. The molecule has 0 bridgehead atoms. The fourth-order valence-electron chi connectivity index (χ4n) is 1.61. The van der Waals surface area contributed by atoms with Gasteiger partial charge in [-0.2, -0.15) is 5.26 Å². The highest BCUT2D eigenvalue weighted by atomic mass is 35.5. The van der Waals surface area contributed by atoms with E-state index in [-0.39, 0.29) is 6.10 Å². The second kappa shape index (κ2) is 6.19. The van der Waals surface area contributed by atoms with E-state index in [4.69, 9.17) is 16.3 Å². The van der Waals surface area contributed by atoms with Crippen LogP contribution in [0.2, 0.25) is 5.02 Å². The highest BCUT2D eigenvalue weighted by Crippen LogP contribution is 2.21. The summed E-state index contributed by atoms with van der Waals surface area (Å²) in [7, 11) is 0. The molecule has 0 saturated carbocycles. The van der Waals surface area contributed by atoms with E-state index in [2.05, 4.69) is 6.07 Å². The number of rotatable bonds is 5. The van der Waals surface area contributed by atoms with Crippen LogP contribution in [0.15, 0.2) is 24.3 Å². The molecule has 1 aromatic rings. The van der Waals surface area contributed by atoms with Gasteiger partial charge in [0.2, 0.25) is 0 Å². The quantitative estimate of drug-likeness (QED) is 0.892. The first-order valence-electron chi connectivity index (χ1n) is 5.88.